The molecule has 0 radical (unpaired) electrons. The molecule has 1 fully saturated rings. The van der Waals surface area contributed by atoms with E-state index in [4.69, 9.17) is 0 Å². The second-order valence-corrected chi connectivity index (χ2v) is 7.15. The first-order valence-electron chi connectivity index (χ1n) is 7.34. The topological polar surface area (TPSA) is 32.3 Å². The molecule has 0 bridgehead atoms. The zero-order valence-electron chi connectivity index (χ0n) is 12.2. The van der Waals surface area contributed by atoms with Crippen molar-refractivity contribution >= 4 is 28.5 Å². The molecule has 1 aromatic rings. The van der Waals surface area contributed by atoms with Crippen LogP contribution in [0.5, 0.6) is 0 Å². The van der Waals surface area contributed by atoms with Gasteiger partial charge < -0.3 is 10.2 Å². The highest BCUT2D eigenvalue weighted by atomic mass is 127. The Morgan fingerprint density at radius 1 is 1.50 bits per heavy atom. The SMILES string of the molecule is CC(C)CN(CC1CCCN1)C(=O)c1cccc(I)c1. The lowest BCUT2D eigenvalue weighted by Gasteiger charge is -2.27. The Hall–Kier alpha value is -0.620. The van der Waals surface area contributed by atoms with Crippen LogP contribution >= 0.6 is 22.6 Å². The average molecular weight is 386 g/mol. The third-order valence-electron chi connectivity index (χ3n) is 3.55. The molecule has 4 heteroatoms. The fourth-order valence-electron chi connectivity index (χ4n) is 2.66. The molecule has 0 saturated carbocycles. The fraction of sp³-hybridized carbons (Fsp3) is 0.562. The van der Waals surface area contributed by atoms with Gasteiger partial charge in [0, 0.05) is 28.3 Å². The summed E-state index contributed by atoms with van der Waals surface area (Å²) in [7, 11) is 0. The van der Waals surface area contributed by atoms with E-state index in [0.29, 0.717) is 12.0 Å². The number of hydrogen-bond donors (Lipinski definition) is 1. The average Bonchev–Trinajstić information content (AvgIpc) is 2.89. The molecular weight excluding hydrogens is 363 g/mol. The van der Waals surface area contributed by atoms with Crippen molar-refractivity contribution in [2.75, 3.05) is 19.6 Å². The molecule has 110 valence electrons. The number of benzene rings is 1. The number of carbonyl (C=O) groups is 1. The zero-order chi connectivity index (χ0) is 14.5. The highest BCUT2D eigenvalue weighted by Gasteiger charge is 2.23. The molecule has 0 aromatic heterocycles. The molecule has 1 unspecified atom stereocenters. The van der Waals surface area contributed by atoms with Gasteiger partial charge in [-0.25, -0.2) is 0 Å². The molecule has 1 saturated heterocycles. The van der Waals surface area contributed by atoms with E-state index in [-0.39, 0.29) is 5.91 Å². The van der Waals surface area contributed by atoms with E-state index in [2.05, 4.69) is 41.8 Å². The van der Waals surface area contributed by atoms with Crippen molar-refractivity contribution in [1.29, 1.82) is 0 Å². The molecule has 1 aliphatic rings. The second kappa shape index (κ2) is 7.41. The number of rotatable bonds is 5. The predicted molar refractivity (Wildman–Crippen MR) is 90.9 cm³/mol. The van der Waals surface area contributed by atoms with E-state index >= 15 is 0 Å². The lowest BCUT2D eigenvalue weighted by molar-refractivity contribution is 0.0721. The van der Waals surface area contributed by atoms with E-state index < -0.39 is 0 Å². The smallest absolute Gasteiger partial charge is 0.253 e. The van der Waals surface area contributed by atoms with Gasteiger partial charge in [0.15, 0.2) is 0 Å². The van der Waals surface area contributed by atoms with E-state index in [9.17, 15) is 4.79 Å². The largest absolute Gasteiger partial charge is 0.337 e. The molecule has 1 heterocycles. The lowest BCUT2D eigenvalue weighted by Crippen LogP contribution is -2.42. The molecule has 0 spiro atoms. The summed E-state index contributed by atoms with van der Waals surface area (Å²) < 4.78 is 1.11. The summed E-state index contributed by atoms with van der Waals surface area (Å²) in [5.41, 5.74) is 0.801. The third-order valence-corrected chi connectivity index (χ3v) is 4.22. The number of carbonyl (C=O) groups excluding carboxylic acids is 1. The summed E-state index contributed by atoms with van der Waals surface area (Å²) in [6.07, 6.45) is 2.39. The molecule has 3 nitrogen and oxygen atoms in total. The molecule has 1 aromatic carbocycles. The third kappa shape index (κ3) is 4.45. The Labute approximate surface area is 135 Å². The number of nitrogens with one attached hydrogen (secondary N) is 1. The van der Waals surface area contributed by atoms with E-state index in [1.165, 1.54) is 12.8 Å². The van der Waals surface area contributed by atoms with Gasteiger partial charge in [0.2, 0.25) is 0 Å². The van der Waals surface area contributed by atoms with Gasteiger partial charge in [0.05, 0.1) is 0 Å². The van der Waals surface area contributed by atoms with Crippen LogP contribution in [0.4, 0.5) is 0 Å². The molecule has 0 aliphatic carbocycles. The van der Waals surface area contributed by atoms with Crippen molar-refractivity contribution in [3.05, 3.63) is 33.4 Å². The fourth-order valence-corrected chi connectivity index (χ4v) is 3.21. The van der Waals surface area contributed by atoms with Crippen molar-refractivity contribution in [2.45, 2.75) is 32.7 Å². The van der Waals surface area contributed by atoms with Gasteiger partial charge in [-0.3, -0.25) is 4.79 Å². The number of amides is 1. The van der Waals surface area contributed by atoms with Gasteiger partial charge in [0.1, 0.15) is 0 Å². The van der Waals surface area contributed by atoms with Crippen molar-refractivity contribution in [3.8, 4) is 0 Å². The minimum absolute atomic E-state index is 0.158. The van der Waals surface area contributed by atoms with Crippen LogP contribution in [-0.2, 0) is 0 Å². The van der Waals surface area contributed by atoms with E-state index in [0.717, 1.165) is 28.8 Å². The van der Waals surface area contributed by atoms with Crippen molar-refractivity contribution < 1.29 is 4.79 Å². The van der Waals surface area contributed by atoms with Gasteiger partial charge in [-0.05, 0) is 66.1 Å². The van der Waals surface area contributed by atoms with Crippen LogP contribution in [0, 0.1) is 9.49 Å². The van der Waals surface area contributed by atoms with Gasteiger partial charge in [-0.1, -0.05) is 19.9 Å². The van der Waals surface area contributed by atoms with E-state index in [1.54, 1.807) is 0 Å². The second-order valence-electron chi connectivity index (χ2n) is 5.91. The summed E-state index contributed by atoms with van der Waals surface area (Å²) in [4.78, 5) is 14.7. The molecular formula is C16H23IN2O. The van der Waals surface area contributed by atoms with Gasteiger partial charge in [-0.15, -0.1) is 0 Å². The van der Waals surface area contributed by atoms with Crippen LogP contribution in [0.3, 0.4) is 0 Å². The maximum Gasteiger partial charge on any atom is 0.253 e. The maximum atomic E-state index is 12.7. The van der Waals surface area contributed by atoms with Crippen LogP contribution in [0.25, 0.3) is 0 Å². The molecule has 1 N–H and O–H groups in total. The van der Waals surface area contributed by atoms with Crippen LogP contribution in [-0.4, -0.2) is 36.5 Å². The molecule has 2 rings (SSSR count). The summed E-state index contributed by atoms with van der Waals surface area (Å²) in [5, 5.41) is 3.48. The Morgan fingerprint density at radius 3 is 2.90 bits per heavy atom. The molecule has 1 atom stereocenters. The first-order valence-corrected chi connectivity index (χ1v) is 8.42. The van der Waals surface area contributed by atoms with Crippen molar-refractivity contribution in [1.82, 2.24) is 10.2 Å². The lowest BCUT2D eigenvalue weighted by atomic mass is 10.1. The Balaban J connectivity index is 2.10. The normalized spacial score (nSPS) is 18.5. The minimum atomic E-state index is 0.158. The van der Waals surface area contributed by atoms with E-state index in [1.807, 2.05) is 29.2 Å². The molecule has 1 aliphatic heterocycles. The van der Waals surface area contributed by atoms with Crippen molar-refractivity contribution in [2.24, 2.45) is 5.92 Å². The minimum Gasteiger partial charge on any atom is -0.337 e. The van der Waals surface area contributed by atoms with Gasteiger partial charge >= 0.3 is 0 Å². The first kappa shape index (κ1) is 15.8. The van der Waals surface area contributed by atoms with Crippen LogP contribution in [0.2, 0.25) is 0 Å². The highest BCUT2D eigenvalue weighted by molar-refractivity contribution is 14.1. The van der Waals surface area contributed by atoms with Crippen LogP contribution < -0.4 is 5.32 Å². The number of hydrogen-bond acceptors (Lipinski definition) is 2. The maximum absolute atomic E-state index is 12.7. The summed E-state index contributed by atoms with van der Waals surface area (Å²) in [6, 6.07) is 8.32. The van der Waals surface area contributed by atoms with Gasteiger partial charge in [-0.2, -0.15) is 0 Å². The summed E-state index contributed by atoms with van der Waals surface area (Å²) in [6.45, 7) is 7.05. The number of nitrogens with zero attached hydrogens (tertiary/aromatic N) is 1. The summed E-state index contributed by atoms with van der Waals surface area (Å²) >= 11 is 2.25. The van der Waals surface area contributed by atoms with Gasteiger partial charge in [0.25, 0.3) is 5.91 Å². The number of halogens is 1. The van der Waals surface area contributed by atoms with Crippen LogP contribution in [0.15, 0.2) is 24.3 Å². The quantitative estimate of drug-likeness (QED) is 0.789. The standard InChI is InChI=1S/C16H23IN2O/c1-12(2)10-19(11-15-7-4-8-18-15)16(20)13-5-3-6-14(17)9-13/h3,5-6,9,12,15,18H,4,7-8,10-11H2,1-2H3. The Morgan fingerprint density at radius 2 is 2.30 bits per heavy atom. The Bertz CT molecular complexity index is 456. The predicted octanol–water partition coefficient (Wildman–Crippen LogP) is 3.14. The molecule has 1 amide bonds. The Kier molecular flexibility index (Phi) is 5.84. The van der Waals surface area contributed by atoms with Crippen LogP contribution in [0.1, 0.15) is 37.0 Å². The summed E-state index contributed by atoms with van der Waals surface area (Å²) in [5.74, 6) is 0.647. The highest BCUT2D eigenvalue weighted by Crippen LogP contribution is 2.14. The zero-order valence-corrected chi connectivity index (χ0v) is 14.4. The monoisotopic (exact) mass is 386 g/mol. The first-order chi connectivity index (χ1) is 9.56. The molecule has 20 heavy (non-hydrogen) atoms. The van der Waals surface area contributed by atoms with Crippen molar-refractivity contribution in [3.63, 3.8) is 0 Å².